The number of pyridine rings is 1. The fourth-order valence-electron chi connectivity index (χ4n) is 6.62. The van der Waals surface area contributed by atoms with Crippen molar-refractivity contribution >= 4 is 22.3 Å². The van der Waals surface area contributed by atoms with Crippen molar-refractivity contribution in [1.29, 1.82) is 5.26 Å². The van der Waals surface area contributed by atoms with Gasteiger partial charge >= 0.3 is 0 Å². The number of nitrogens with one attached hydrogen (secondary N) is 1. The van der Waals surface area contributed by atoms with Gasteiger partial charge in [0.25, 0.3) is 0 Å². The second-order valence-corrected chi connectivity index (χ2v) is 10.5. The zero-order valence-corrected chi connectivity index (χ0v) is 20.0. The number of hydrogen-bond acceptors (Lipinski definition) is 7. The van der Waals surface area contributed by atoms with E-state index in [1.54, 1.807) is 6.20 Å². The van der Waals surface area contributed by atoms with Crippen LogP contribution in [0.5, 0.6) is 5.75 Å². The summed E-state index contributed by atoms with van der Waals surface area (Å²) in [4.78, 5) is 12.1. The third-order valence-electron chi connectivity index (χ3n) is 8.38. The van der Waals surface area contributed by atoms with Crippen LogP contribution in [0, 0.1) is 11.3 Å². The molecule has 3 saturated heterocycles. The smallest absolute Gasteiger partial charge is 0.125 e. The van der Waals surface area contributed by atoms with Gasteiger partial charge in [0.15, 0.2) is 0 Å². The highest BCUT2D eigenvalue weighted by Crippen LogP contribution is 2.37. The Hall–Kier alpha value is -3.34. The summed E-state index contributed by atoms with van der Waals surface area (Å²) < 4.78 is 6.49. The molecule has 4 aliphatic rings. The van der Waals surface area contributed by atoms with Crippen LogP contribution in [-0.2, 0) is 6.54 Å². The van der Waals surface area contributed by atoms with Gasteiger partial charge in [0, 0.05) is 85.4 Å². The van der Waals surface area contributed by atoms with E-state index in [0.29, 0.717) is 36.3 Å². The van der Waals surface area contributed by atoms with Gasteiger partial charge in [-0.25, -0.2) is 0 Å². The molecule has 3 fully saturated rings. The summed E-state index contributed by atoms with van der Waals surface area (Å²) in [6.45, 7) is 7.92. The number of hydrogen-bond donors (Lipinski definition) is 1. The van der Waals surface area contributed by atoms with E-state index in [2.05, 4.69) is 68.3 Å². The molecule has 2 bridgehead atoms. The van der Waals surface area contributed by atoms with E-state index in [-0.39, 0.29) is 0 Å². The minimum absolute atomic E-state index is 0.295. The highest BCUT2D eigenvalue weighted by molar-refractivity contribution is 5.95. The third-order valence-corrected chi connectivity index (χ3v) is 8.38. The van der Waals surface area contributed by atoms with Crippen LogP contribution in [0.3, 0.4) is 0 Å². The Kier molecular flexibility index (Phi) is 4.86. The molecule has 0 radical (unpaired) electrons. The maximum absolute atomic E-state index is 9.54. The summed E-state index contributed by atoms with van der Waals surface area (Å²) in [6, 6.07) is 19.1. The van der Waals surface area contributed by atoms with Crippen molar-refractivity contribution in [2.45, 2.75) is 44.1 Å². The number of rotatable bonds is 2. The van der Waals surface area contributed by atoms with Crippen LogP contribution in [0.15, 0.2) is 48.7 Å². The van der Waals surface area contributed by atoms with E-state index in [4.69, 9.17) is 4.74 Å². The molecule has 7 nitrogen and oxygen atoms in total. The second-order valence-electron chi connectivity index (χ2n) is 10.5. The fourth-order valence-corrected chi connectivity index (χ4v) is 6.62. The molecule has 3 aromatic rings. The molecule has 4 aliphatic heterocycles. The molecule has 35 heavy (non-hydrogen) atoms. The Labute approximate surface area is 205 Å². The maximum Gasteiger partial charge on any atom is 0.125 e. The molecule has 7 rings (SSSR count). The quantitative estimate of drug-likeness (QED) is 0.622. The van der Waals surface area contributed by atoms with Gasteiger partial charge in [0.1, 0.15) is 18.4 Å². The van der Waals surface area contributed by atoms with Crippen LogP contribution < -0.4 is 19.9 Å². The number of piperazine rings is 2. The second kappa shape index (κ2) is 8.11. The first-order chi connectivity index (χ1) is 17.2. The van der Waals surface area contributed by atoms with Gasteiger partial charge in [-0.05, 0) is 43.7 Å². The van der Waals surface area contributed by atoms with Gasteiger partial charge in [-0.3, -0.25) is 9.88 Å². The Morgan fingerprint density at radius 1 is 1.11 bits per heavy atom. The number of fused-ring (bicyclic) bond motifs is 5. The summed E-state index contributed by atoms with van der Waals surface area (Å²) in [6.07, 6.45) is 3.02. The van der Waals surface area contributed by atoms with E-state index >= 15 is 0 Å². The lowest BCUT2D eigenvalue weighted by atomic mass is 10.0. The van der Waals surface area contributed by atoms with Crippen LogP contribution in [0.1, 0.15) is 24.5 Å². The molecular weight excluding hydrogens is 436 g/mol. The van der Waals surface area contributed by atoms with Crippen molar-refractivity contribution < 1.29 is 4.74 Å². The van der Waals surface area contributed by atoms with Crippen molar-refractivity contribution in [2.75, 3.05) is 42.6 Å². The van der Waals surface area contributed by atoms with Gasteiger partial charge in [-0.15, -0.1) is 0 Å². The molecule has 4 atom stereocenters. The van der Waals surface area contributed by atoms with Crippen molar-refractivity contribution in [3.63, 3.8) is 0 Å². The summed E-state index contributed by atoms with van der Waals surface area (Å²) in [7, 11) is 0. The molecule has 0 spiro atoms. The minimum atomic E-state index is 0.295. The summed E-state index contributed by atoms with van der Waals surface area (Å²) in [5.41, 5.74) is 5.14. The zero-order chi connectivity index (χ0) is 23.5. The van der Waals surface area contributed by atoms with E-state index in [1.165, 1.54) is 17.7 Å². The molecule has 0 saturated carbocycles. The van der Waals surface area contributed by atoms with Crippen LogP contribution in [0.4, 0.5) is 11.4 Å². The predicted molar refractivity (Wildman–Crippen MR) is 137 cm³/mol. The highest BCUT2D eigenvalue weighted by atomic mass is 16.5. The van der Waals surface area contributed by atoms with E-state index in [1.807, 2.05) is 12.1 Å². The molecule has 1 N–H and O–H groups in total. The SMILES string of the molecule is C[C@H]1CN(c2ccc(C#N)c3ncccc23)C[C@H]2COc3cc(N4C[C@H]5C[C@@H]4CN5)ccc3CN21. The molecule has 0 amide bonds. The van der Waals surface area contributed by atoms with Crippen LogP contribution in [-0.4, -0.2) is 66.8 Å². The van der Waals surface area contributed by atoms with Gasteiger partial charge in [0.05, 0.1) is 17.1 Å². The van der Waals surface area contributed by atoms with Gasteiger partial charge < -0.3 is 19.9 Å². The van der Waals surface area contributed by atoms with E-state index in [0.717, 1.165) is 55.1 Å². The number of anilines is 2. The number of nitriles is 1. The Balaban J connectivity index is 1.15. The number of benzene rings is 2. The molecule has 0 unspecified atom stereocenters. The van der Waals surface area contributed by atoms with Crippen molar-refractivity contribution in [2.24, 2.45) is 0 Å². The fraction of sp³-hybridized carbons (Fsp3) is 0.429. The molecule has 178 valence electrons. The van der Waals surface area contributed by atoms with Crippen molar-refractivity contribution in [3.05, 3.63) is 59.8 Å². The molecular formula is C28H30N6O. The largest absolute Gasteiger partial charge is 0.491 e. The first-order valence-electron chi connectivity index (χ1n) is 12.7. The number of aromatic nitrogens is 1. The average molecular weight is 467 g/mol. The van der Waals surface area contributed by atoms with Gasteiger partial charge in [-0.2, -0.15) is 5.26 Å². The Morgan fingerprint density at radius 3 is 2.89 bits per heavy atom. The lowest BCUT2D eigenvalue weighted by Gasteiger charge is -2.45. The van der Waals surface area contributed by atoms with Crippen molar-refractivity contribution in [3.8, 4) is 11.8 Å². The first-order valence-corrected chi connectivity index (χ1v) is 12.7. The molecule has 1 aromatic heterocycles. The minimum Gasteiger partial charge on any atom is -0.491 e. The van der Waals surface area contributed by atoms with E-state index < -0.39 is 0 Å². The third kappa shape index (κ3) is 3.43. The lowest BCUT2D eigenvalue weighted by molar-refractivity contribution is 0.0892. The van der Waals surface area contributed by atoms with Crippen molar-refractivity contribution in [1.82, 2.24) is 15.2 Å². The lowest BCUT2D eigenvalue weighted by Crippen LogP contribution is -2.58. The summed E-state index contributed by atoms with van der Waals surface area (Å²) in [5.74, 6) is 1.04. The molecule has 0 aliphatic carbocycles. The summed E-state index contributed by atoms with van der Waals surface area (Å²) >= 11 is 0. The first kappa shape index (κ1) is 21.0. The van der Waals surface area contributed by atoms with Crippen LogP contribution >= 0.6 is 0 Å². The topological polar surface area (TPSA) is 67.7 Å². The summed E-state index contributed by atoms with van der Waals surface area (Å²) in [5, 5.41) is 14.2. The van der Waals surface area contributed by atoms with Crippen LogP contribution in [0.2, 0.25) is 0 Å². The normalized spacial score (nSPS) is 27.8. The van der Waals surface area contributed by atoms with Crippen LogP contribution in [0.25, 0.3) is 10.9 Å². The Morgan fingerprint density at radius 2 is 2.06 bits per heavy atom. The highest BCUT2D eigenvalue weighted by Gasteiger charge is 2.39. The number of ether oxygens (including phenoxy) is 1. The standard InChI is InChI=1S/C28H30N6O/c1-18-13-32(26-7-5-19(11-29)28-25(26)3-2-8-30-28)16-24-17-35-27-10-22(6-4-20(27)14-33(18)24)34-15-21-9-23(34)12-31-21/h2-8,10,18,21,23-24,31H,9,12-17H2,1H3/t18-,21+,23+,24-/m0/s1. The predicted octanol–water partition coefficient (Wildman–Crippen LogP) is 3.13. The Bertz CT molecular complexity index is 1330. The van der Waals surface area contributed by atoms with E-state index in [9.17, 15) is 5.26 Å². The average Bonchev–Trinajstić information content (AvgIpc) is 3.47. The maximum atomic E-state index is 9.54. The molecule has 5 heterocycles. The molecule has 7 heteroatoms. The zero-order valence-electron chi connectivity index (χ0n) is 20.0. The van der Waals surface area contributed by atoms with Gasteiger partial charge in [0.2, 0.25) is 0 Å². The molecule has 2 aromatic carbocycles. The van der Waals surface area contributed by atoms with Gasteiger partial charge in [-0.1, -0.05) is 6.07 Å². The monoisotopic (exact) mass is 466 g/mol. The number of nitrogens with zero attached hydrogens (tertiary/aromatic N) is 5.